The summed E-state index contributed by atoms with van der Waals surface area (Å²) in [5.41, 5.74) is 1.16. The molecule has 2 aromatic rings. The van der Waals surface area contributed by atoms with Gasteiger partial charge in [0.25, 0.3) is 5.89 Å². The molecule has 0 aliphatic carbocycles. The highest BCUT2D eigenvalue weighted by Crippen LogP contribution is 2.32. The van der Waals surface area contributed by atoms with E-state index >= 15 is 0 Å². The summed E-state index contributed by atoms with van der Waals surface area (Å²) in [5.74, 6) is 0.533. The molecular weight excluding hydrogens is 394 g/mol. The number of rotatable bonds is 4. The van der Waals surface area contributed by atoms with E-state index in [1.165, 1.54) is 11.8 Å². The van der Waals surface area contributed by atoms with E-state index in [-0.39, 0.29) is 17.6 Å². The second-order valence-electron chi connectivity index (χ2n) is 5.82. The van der Waals surface area contributed by atoms with Gasteiger partial charge >= 0.3 is 6.09 Å². The molecule has 1 aromatic carbocycles. The lowest BCUT2D eigenvalue weighted by molar-refractivity contribution is -0.117. The minimum absolute atomic E-state index is 0.180. The number of thiocarbonyl (C=S) groups is 1. The van der Waals surface area contributed by atoms with Crippen molar-refractivity contribution in [3.63, 3.8) is 0 Å². The van der Waals surface area contributed by atoms with Gasteiger partial charge in [-0.3, -0.25) is 9.69 Å². The number of halogens is 1. The van der Waals surface area contributed by atoms with Crippen LogP contribution in [-0.2, 0) is 9.53 Å². The maximum atomic E-state index is 12.2. The van der Waals surface area contributed by atoms with Crippen LogP contribution in [0.25, 0.3) is 11.5 Å². The SMILES string of the molecule is CC(=O)NC(=S)NCC1CN(c2ccc(-c3nc(C)no3)c(Cl)c2)C(=O)O1. The third kappa shape index (κ3) is 4.52. The number of amides is 2. The number of aromatic nitrogens is 2. The summed E-state index contributed by atoms with van der Waals surface area (Å²) in [6, 6.07) is 5.06. The maximum absolute atomic E-state index is 12.2. The van der Waals surface area contributed by atoms with E-state index in [9.17, 15) is 9.59 Å². The second-order valence-corrected chi connectivity index (χ2v) is 6.63. The number of anilines is 1. The summed E-state index contributed by atoms with van der Waals surface area (Å²) in [7, 11) is 0. The van der Waals surface area contributed by atoms with Crippen LogP contribution in [0.5, 0.6) is 0 Å². The molecule has 3 rings (SSSR count). The first-order chi connectivity index (χ1) is 12.8. The molecule has 2 N–H and O–H groups in total. The Balaban J connectivity index is 1.66. The summed E-state index contributed by atoms with van der Waals surface area (Å²) >= 11 is 11.3. The summed E-state index contributed by atoms with van der Waals surface area (Å²) in [5, 5.41) is 9.56. The van der Waals surface area contributed by atoms with Crippen LogP contribution in [0.2, 0.25) is 5.02 Å². The highest BCUT2D eigenvalue weighted by atomic mass is 35.5. The van der Waals surface area contributed by atoms with Gasteiger partial charge in [-0.15, -0.1) is 0 Å². The monoisotopic (exact) mass is 409 g/mol. The Morgan fingerprint density at radius 2 is 2.26 bits per heavy atom. The first kappa shape index (κ1) is 19.1. The molecule has 27 heavy (non-hydrogen) atoms. The van der Waals surface area contributed by atoms with E-state index in [2.05, 4.69) is 20.8 Å². The van der Waals surface area contributed by atoms with Gasteiger partial charge in [0.1, 0.15) is 6.10 Å². The number of cyclic esters (lactones) is 1. The number of aryl methyl sites for hydroxylation is 1. The van der Waals surface area contributed by atoms with Gasteiger partial charge in [0, 0.05) is 12.6 Å². The first-order valence-corrected chi connectivity index (χ1v) is 8.76. The van der Waals surface area contributed by atoms with E-state index in [0.29, 0.717) is 34.5 Å². The Labute approximate surface area is 165 Å². The van der Waals surface area contributed by atoms with Gasteiger partial charge in [0.05, 0.1) is 23.7 Å². The van der Waals surface area contributed by atoms with Crippen molar-refractivity contribution in [1.29, 1.82) is 0 Å². The number of hydrogen-bond acceptors (Lipinski definition) is 7. The smallest absolute Gasteiger partial charge is 0.414 e. The number of carbonyl (C=O) groups excluding carboxylic acids is 2. The van der Waals surface area contributed by atoms with Gasteiger partial charge in [0.2, 0.25) is 5.91 Å². The van der Waals surface area contributed by atoms with Crippen molar-refractivity contribution in [1.82, 2.24) is 20.8 Å². The molecule has 1 fully saturated rings. The highest BCUT2D eigenvalue weighted by Gasteiger charge is 2.32. The molecule has 2 amide bonds. The van der Waals surface area contributed by atoms with Crippen LogP contribution in [0.3, 0.4) is 0 Å². The predicted octanol–water partition coefficient (Wildman–Crippen LogP) is 2.03. The third-order valence-electron chi connectivity index (χ3n) is 3.68. The van der Waals surface area contributed by atoms with E-state index in [1.54, 1.807) is 25.1 Å². The average molecular weight is 410 g/mol. The molecule has 0 radical (unpaired) electrons. The fourth-order valence-corrected chi connectivity index (χ4v) is 2.98. The van der Waals surface area contributed by atoms with Gasteiger partial charge in [-0.2, -0.15) is 4.98 Å². The summed E-state index contributed by atoms with van der Waals surface area (Å²) in [4.78, 5) is 28.7. The molecular formula is C16H16ClN5O4S. The minimum Gasteiger partial charge on any atom is -0.442 e. The summed E-state index contributed by atoms with van der Waals surface area (Å²) < 4.78 is 10.4. The van der Waals surface area contributed by atoms with Gasteiger partial charge in [-0.05, 0) is 37.3 Å². The largest absolute Gasteiger partial charge is 0.442 e. The van der Waals surface area contributed by atoms with Gasteiger partial charge in [-0.25, -0.2) is 4.79 Å². The van der Waals surface area contributed by atoms with Crippen molar-refractivity contribution in [2.45, 2.75) is 20.0 Å². The number of ether oxygens (including phenoxy) is 1. The zero-order valence-corrected chi connectivity index (χ0v) is 16.1. The van der Waals surface area contributed by atoms with Crippen molar-refractivity contribution in [3.8, 4) is 11.5 Å². The molecule has 1 aliphatic rings. The lowest BCUT2D eigenvalue weighted by Crippen LogP contribution is -2.42. The zero-order chi connectivity index (χ0) is 19.6. The van der Waals surface area contributed by atoms with Crippen LogP contribution in [0.1, 0.15) is 12.7 Å². The van der Waals surface area contributed by atoms with Crippen LogP contribution in [0.15, 0.2) is 22.7 Å². The van der Waals surface area contributed by atoms with Crippen molar-refractivity contribution in [3.05, 3.63) is 29.0 Å². The Hall–Kier alpha value is -2.72. The fraction of sp³-hybridized carbons (Fsp3) is 0.312. The Bertz CT molecular complexity index is 903. The molecule has 0 spiro atoms. The summed E-state index contributed by atoms with van der Waals surface area (Å²) in [6.45, 7) is 3.65. The highest BCUT2D eigenvalue weighted by molar-refractivity contribution is 7.80. The lowest BCUT2D eigenvalue weighted by Gasteiger charge is -2.14. The fourth-order valence-electron chi connectivity index (χ4n) is 2.50. The van der Waals surface area contributed by atoms with Crippen LogP contribution < -0.4 is 15.5 Å². The molecule has 1 aliphatic heterocycles. The Morgan fingerprint density at radius 3 is 2.89 bits per heavy atom. The van der Waals surface area contributed by atoms with Gasteiger partial charge in [-0.1, -0.05) is 16.8 Å². The first-order valence-electron chi connectivity index (χ1n) is 7.97. The Morgan fingerprint density at radius 1 is 1.48 bits per heavy atom. The van der Waals surface area contributed by atoms with E-state index in [4.69, 9.17) is 33.1 Å². The number of carbonyl (C=O) groups is 2. The zero-order valence-electron chi connectivity index (χ0n) is 14.5. The number of benzene rings is 1. The summed E-state index contributed by atoms with van der Waals surface area (Å²) in [6.07, 6.45) is -0.925. The molecule has 2 heterocycles. The second kappa shape index (κ2) is 7.89. The molecule has 1 aromatic heterocycles. The molecule has 1 unspecified atom stereocenters. The molecule has 11 heteroatoms. The van der Waals surface area contributed by atoms with Crippen molar-refractivity contribution < 1.29 is 18.8 Å². The molecule has 1 atom stereocenters. The molecule has 1 saturated heterocycles. The number of hydrogen-bond donors (Lipinski definition) is 2. The third-order valence-corrected chi connectivity index (χ3v) is 4.24. The lowest BCUT2D eigenvalue weighted by atomic mass is 10.2. The van der Waals surface area contributed by atoms with E-state index < -0.39 is 12.2 Å². The Kier molecular flexibility index (Phi) is 5.57. The maximum Gasteiger partial charge on any atom is 0.414 e. The van der Waals surface area contributed by atoms with Crippen LogP contribution >= 0.6 is 23.8 Å². The minimum atomic E-state index is -0.496. The number of nitrogens with zero attached hydrogens (tertiary/aromatic N) is 3. The predicted molar refractivity (Wildman–Crippen MR) is 102 cm³/mol. The molecule has 0 saturated carbocycles. The quantitative estimate of drug-likeness (QED) is 0.738. The van der Waals surface area contributed by atoms with Crippen molar-refractivity contribution in [2.24, 2.45) is 0 Å². The van der Waals surface area contributed by atoms with Gasteiger partial charge < -0.3 is 19.9 Å². The van der Waals surface area contributed by atoms with E-state index in [0.717, 1.165) is 0 Å². The van der Waals surface area contributed by atoms with Crippen molar-refractivity contribution >= 4 is 46.6 Å². The standard InChI is InChI=1S/C16H16ClN5O4S/c1-8-19-14(26-21-8)12-4-3-10(5-13(12)17)22-7-11(25-16(22)24)6-18-15(27)20-9(2)23/h3-5,11H,6-7H2,1-2H3,(H2,18,20,23,27). The molecule has 0 bridgehead atoms. The molecule has 142 valence electrons. The van der Waals surface area contributed by atoms with Gasteiger partial charge in [0.15, 0.2) is 10.9 Å². The van der Waals surface area contributed by atoms with Crippen LogP contribution in [0.4, 0.5) is 10.5 Å². The van der Waals surface area contributed by atoms with E-state index in [1.807, 2.05) is 0 Å². The topological polar surface area (TPSA) is 110 Å². The van der Waals surface area contributed by atoms with Crippen LogP contribution in [0, 0.1) is 6.92 Å². The normalized spacial score (nSPS) is 16.2. The number of nitrogens with one attached hydrogen (secondary N) is 2. The molecule has 9 nitrogen and oxygen atoms in total. The average Bonchev–Trinajstić information content (AvgIpc) is 3.18. The van der Waals surface area contributed by atoms with Crippen molar-refractivity contribution in [2.75, 3.05) is 18.0 Å². The van der Waals surface area contributed by atoms with Crippen LogP contribution in [-0.4, -0.2) is 46.4 Å².